The maximum atomic E-state index is 10.8. The lowest BCUT2D eigenvalue weighted by Crippen LogP contribution is -2.32. The van der Waals surface area contributed by atoms with E-state index in [9.17, 15) is 4.79 Å². The summed E-state index contributed by atoms with van der Waals surface area (Å²) in [5.74, 6) is -0.0345. The van der Waals surface area contributed by atoms with Crippen molar-refractivity contribution < 1.29 is 14.6 Å². The highest BCUT2D eigenvalue weighted by Gasteiger charge is 2.20. The Hall–Kier alpha value is -1.55. The largest absolute Gasteiger partial charge is 0.496 e. The highest BCUT2D eigenvalue weighted by molar-refractivity contribution is 5.73. The van der Waals surface area contributed by atoms with E-state index in [0.29, 0.717) is 6.42 Å². The fourth-order valence-electron chi connectivity index (χ4n) is 2.62. The number of hydrogen-bond acceptors (Lipinski definition) is 3. The Morgan fingerprint density at radius 2 is 2.06 bits per heavy atom. The fourth-order valence-corrected chi connectivity index (χ4v) is 2.62. The molecule has 1 aromatic carbocycles. The molecule has 1 aromatic rings. The molecule has 3 N–H and O–H groups in total. The van der Waals surface area contributed by atoms with Crippen molar-refractivity contribution in [1.82, 2.24) is 0 Å². The first-order valence-electron chi connectivity index (χ1n) is 6.29. The molecule has 1 atom stereocenters. The van der Waals surface area contributed by atoms with Gasteiger partial charge < -0.3 is 15.6 Å². The van der Waals surface area contributed by atoms with Crippen LogP contribution in [-0.4, -0.2) is 24.2 Å². The minimum absolute atomic E-state index is 0.391. The minimum Gasteiger partial charge on any atom is -0.496 e. The maximum Gasteiger partial charge on any atom is 0.320 e. The Labute approximate surface area is 107 Å². The first kappa shape index (κ1) is 12.9. The van der Waals surface area contributed by atoms with E-state index in [4.69, 9.17) is 15.6 Å². The SMILES string of the molecule is COc1ccc(CC(N)C(=O)O)c2c1CCCC2. The van der Waals surface area contributed by atoms with Gasteiger partial charge in [0.05, 0.1) is 7.11 Å². The molecule has 0 bridgehead atoms. The Morgan fingerprint density at radius 3 is 2.67 bits per heavy atom. The molecule has 0 fully saturated rings. The van der Waals surface area contributed by atoms with Crippen LogP contribution in [0, 0.1) is 0 Å². The van der Waals surface area contributed by atoms with Gasteiger partial charge in [-0.3, -0.25) is 4.79 Å². The van der Waals surface area contributed by atoms with E-state index >= 15 is 0 Å². The highest BCUT2D eigenvalue weighted by atomic mass is 16.5. The molecule has 18 heavy (non-hydrogen) atoms. The summed E-state index contributed by atoms with van der Waals surface area (Å²) >= 11 is 0. The molecule has 1 aliphatic carbocycles. The summed E-state index contributed by atoms with van der Waals surface area (Å²) in [6, 6.07) is 3.05. The van der Waals surface area contributed by atoms with Gasteiger partial charge in [0, 0.05) is 0 Å². The molecule has 2 rings (SSSR count). The number of carboxylic acid groups (broad SMARTS) is 1. The van der Waals surface area contributed by atoms with Gasteiger partial charge in [0.2, 0.25) is 0 Å². The van der Waals surface area contributed by atoms with Crippen LogP contribution in [-0.2, 0) is 24.1 Å². The predicted octanol–water partition coefficient (Wildman–Crippen LogP) is 1.53. The molecule has 98 valence electrons. The first-order valence-corrected chi connectivity index (χ1v) is 6.29. The standard InChI is InChI=1S/C14H19NO3/c1-18-13-7-6-9(8-12(15)14(16)17)10-4-2-3-5-11(10)13/h6-7,12H,2-5,8,15H2,1H3,(H,16,17). The summed E-state index contributed by atoms with van der Waals surface area (Å²) in [7, 11) is 1.67. The monoisotopic (exact) mass is 249 g/mol. The van der Waals surface area contributed by atoms with E-state index in [1.165, 1.54) is 11.1 Å². The Balaban J connectivity index is 2.34. The smallest absolute Gasteiger partial charge is 0.320 e. The lowest BCUT2D eigenvalue weighted by molar-refractivity contribution is -0.138. The summed E-state index contributed by atoms with van der Waals surface area (Å²) in [5.41, 5.74) is 9.16. The Kier molecular flexibility index (Phi) is 3.87. The van der Waals surface area contributed by atoms with Crippen LogP contribution in [0.5, 0.6) is 5.75 Å². The number of hydrogen-bond donors (Lipinski definition) is 2. The highest BCUT2D eigenvalue weighted by Crippen LogP contribution is 2.32. The molecule has 0 spiro atoms. The van der Waals surface area contributed by atoms with Gasteiger partial charge in [-0.2, -0.15) is 0 Å². The average Bonchev–Trinajstić information content (AvgIpc) is 2.39. The van der Waals surface area contributed by atoms with Crippen LogP contribution < -0.4 is 10.5 Å². The molecule has 0 amide bonds. The zero-order chi connectivity index (χ0) is 13.1. The van der Waals surface area contributed by atoms with Gasteiger partial charge in [0.15, 0.2) is 0 Å². The molecule has 0 aromatic heterocycles. The molecular formula is C14H19NO3. The molecule has 4 heteroatoms. The minimum atomic E-state index is -0.949. The van der Waals surface area contributed by atoms with Crippen molar-refractivity contribution in [3.8, 4) is 5.75 Å². The summed E-state index contributed by atoms with van der Waals surface area (Å²) < 4.78 is 5.37. The van der Waals surface area contributed by atoms with Crippen molar-refractivity contribution in [2.45, 2.75) is 38.1 Å². The van der Waals surface area contributed by atoms with Crippen LogP contribution in [0.4, 0.5) is 0 Å². The molecule has 1 unspecified atom stereocenters. The van der Waals surface area contributed by atoms with Crippen molar-refractivity contribution in [3.05, 3.63) is 28.8 Å². The molecule has 0 aliphatic heterocycles. The number of aliphatic carboxylic acids is 1. The van der Waals surface area contributed by atoms with Crippen molar-refractivity contribution in [3.63, 3.8) is 0 Å². The zero-order valence-electron chi connectivity index (χ0n) is 10.6. The number of rotatable bonds is 4. The quantitative estimate of drug-likeness (QED) is 0.848. The second-order valence-electron chi connectivity index (χ2n) is 4.74. The molecule has 0 saturated heterocycles. The number of nitrogens with two attached hydrogens (primary N) is 1. The van der Waals surface area contributed by atoms with Crippen molar-refractivity contribution >= 4 is 5.97 Å². The predicted molar refractivity (Wildman–Crippen MR) is 69.0 cm³/mol. The Morgan fingerprint density at radius 1 is 1.39 bits per heavy atom. The Bertz CT molecular complexity index is 457. The number of carboxylic acids is 1. The zero-order valence-corrected chi connectivity index (χ0v) is 10.6. The third-order valence-electron chi connectivity index (χ3n) is 3.57. The topological polar surface area (TPSA) is 72.5 Å². The summed E-state index contributed by atoms with van der Waals surface area (Å²) in [6.07, 6.45) is 4.71. The van der Waals surface area contributed by atoms with Crippen LogP contribution >= 0.6 is 0 Å². The van der Waals surface area contributed by atoms with Crippen LogP contribution in [0.2, 0.25) is 0 Å². The summed E-state index contributed by atoms with van der Waals surface area (Å²) in [5, 5.41) is 8.90. The average molecular weight is 249 g/mol. The van der Waals surface area contributed by atoms with E-state index in [2.05, 4.69) is 0 Å². The van der Waals surface area contributed by atoms with Crippen LogP contribution in [0.15, 0.2) is 12.1 Å². The van der Waals surface area contributed by atoms with Gasteiger partial charge in [0.25, 0.3) is 0 Å². The van der Waals surface area contributed by atoms with E-state index in [0.717, 1.165) is 37.0 Å². The van der Waals surface area contributed by atoms with Gasteiger partial charge >= 0.3 is 5.97 Å². The first-order chi connectivity index (χ1) is 8.63. The van der Waals surface area contributed by atoms with E-state index in [1.54, 1.807) is 7.11 Å². The molecule has 0 radical (unpaired) electrons. The van der Waals surface area contributed by atoms with Crippen molar-refractivity contribution in [2.24, 2.45) is 5.73 Å². The summed E-state index contributed by atoms with van der Waals surface area (Å²) in [6.45, 7) is 0. The van der Waals surface area contributed by atoms with E-state index < -0.39 is 12.0 Å². The van der Waals surface area contributed by atoms with Crippen LogP contribution in [0.1, 0.15) is 29.5 Å². The normalized spacial score (nSPS) is 15.9. The second kappa shape index (κ2) is 5.40. The van der Waals surface area contributed by atoms with Gasteiger partial charge in [0.1, 0.15) is 11.8 Å². The van der Waals surface area contributed by atoms with Crippen molar-refractivity contribution in [2.75, 3.05) is 7.11 Å². The molecular weight excluding hydrogens is 230 g/mol. The van der Waals surface area contributed by atoms with E-state index in [-0.39, 0.29) is 0 Å². The number of carbonyl (C=O) groups is 1. The lowest BCUT2D eigenvalue weighted by Gasteiger charge is -2.22. The van der Waals surface area contributed by atoms with Crippen LogP contribution in [0.25, 0.3) is 0 Å². The number of methoxy groups -OCH3 is 1. The molecule has 1 aliphatic rings. The number of ether oxygens (including phenoxy) is 1. The van der Waals surface area contributed by atoms with E-state index in [1.807, 2.05) is 12.1 Å². The second-order valence-corrected chi connectivity index (χ2v) is 4.74. The van der Waals surface area contributed by atoms with Gasteiger partial charge in [-0.05, 0) is 54.9 Å². The number of fused-ring (bicyclic) bond motifs is 1. The molecule has 0 heterocycles. The molecule has 4 nitrogen and oxygen atoms in total. The third-order valence-corrected chi connectivity index (χ3v) is 3.57. The van der Waals surface area contributed by atoms with Gasteiger partial charge in [-0.15, -0.1) is 0 Å². The maximum absolute atomic E-state index is 10.8. The lowest BCUT2D eigenvalue weighted by atomic mass is 9.85. The summed E-state index contributed by atoms with van der Waals surface area (Å²) in [4.78, 5) is 10.8. The fraction of sp³-hybridized carbons (Fsp3) is 0.500. The molecule has 0 saturated carbocycles. The van der Waals surface area contributed by atoms with Gasteiger partial charge in [-0.1, -0.05) is 6.07 Å². The van der Waals surface area contributed by atoms with Crippen molar-refractivity contribution in [1.29, 1.82) is 0 Å². The number of benzene rings is 1. The van der Waals surface area contributed by atoms with Crippen LogP contribution in [0.3, 0.4) is 0 Å². The third kappa shape index (κ3) is 2.48. The van der Waals surface area contributed by atoms with Gasteiger partial charge in [-0.25, -0.2) is 0 Å².